The van der Waals surface area contributed by atoms with Crippen molar-refractivity contribution in [2.24, 2.45) is 0 Å². The van der Waals surface area contributed by atoms with Crippen molar-refractivity contribution in [2.45, 2.75) is 12.1 Å². The Hall–Kier alpha value is -3.35. The van der Waals surface area contributed by atoms with Gasteiger partial charge in [0.15, 0.2) is 6.10 Å². The Bertz CT molecular complexity index is 1400. The molecular formula is C24H15Cl2FN4O. The number of halogens is 3. The van der Waals surface area contributed by atoms with E-state index in [1.54, 1.807) is 35.0 Å². The van der Waals surface area contributed by atoms with Crippen LogP contribution in [0.4, 0.5) is 10.3 Å². The Morgan fingerprint density at radius 2 is 1.78 bits per heavy atom. The van der Waals surface area contributed by atoms with Gasteiger partial charge in [-0.1, -0.05) is 59.6 Å². The van der Waals surface area contributed by atoms with Crippen molar-refractivity contribution < 1.29 is 9.13 Å². The molecule has 1 N–H and O–H groups in total. The van der Waals surface area contributed by atoms with Crippen molar-refractivity contribution in [1.82, 2.24) is 14.8 Å². The summed E-state index contributed by atoms with van der Waals surface area (Å²) in [5, 5.41) is 8.83. The van der Waals surface area contributed by atoms with E-state index in [9.17, 15) is 0 Å². The minimum Gasteiger partial charge on any atom is -0.480 e. The average Bonchev–Trinajstić information content (AvgIpc) is 3.26. The first-order valence-corrected chi connectivity index (χ1v) is 10.7. The summed E-state index contributed by atoms with van der Waals surface area (Å²) in [7, 11) is 0. The fourth-order valence-electron chi connectivity index (χ4n) is 4.39. The predicted octanol–water partition coefficient (Wildman–Crippen LogP) is 6.28. The summed E-state index contributed by atoms with van der Waals surface area (Å²) in [5.74, 6) is 0.860. The summed E-state index contributed by atoms with van der Waals surface area (Å²) in [6, 6.07) is 19.1. The largest absolute Gasteiger partial charge is 0.480 e. The number of rotatable bonds is 2. The fraction of sp³-hybridized carbons (Fsp3) is 0.0833. The van der Waals surface area contributed by atoms with E-state index in [-0.39, 0.29) is 5.82 Å². The number of hydrogen-bond acceptors (Lipinski definition) is 4. The minimum atomic E-state index is -0.706. The molecule has 8 heteroatoms. The number of ether oxygens (including phenoxy) is 1. The van der Waals surface area contributed by atoms with Crippen LogP contribution in [-0.2, 0) is 0 Å². The van der Waals surface area contributed by atoms with Gasteiger partial charge in [0.1, 0.15) is 23.9 Å². The number of hydrogen-bond donors (Lipinski definition) is 1. The first-order chi connectivity index (χ1) is 15.6. The quantitative estimate of drug-likeness (QED) is 0.379. The SMILES string of the molecule is Fc1ccccc1C1Oc2ccccc2C2=C1C(c1ccc(Cl)cc1Cl)n1ncnc1N2. The minimum absolute atomic E-state index is 0.353. The lowest BCUT2D eigenvalue weighted by Gasteiger charge is -2.39. The number of aromatic nitrogens is 3. The van der Waals surface area contributed by atoms with Crippen molar-refractivity contribution in [3.05, 3.63) is 111 Å². The molecule has 4 aromatic rings. The molecule has 0 radical (unpaired) electrons. The molecule has 2 aliphatic rings. The molecule has 3 heterocycles. The van der Waals surface area contributed by atoms with Gasteiger partial charge in [-0.3, -0.25) is 0 Å². The molecule has 3 aromatic carbocycles. The van der Waals surface area contributed by atoms with Crippen LogP contribution >= 0.6 is 23.2 Å². The van der Waals surface area contributed by atoms with Crippen LogP contribution in [0.2, 0.25) is 10.0 Å². The second kappa shape index (κ2) is 7.36. The van der Waals surface area contributed by atoms with Crippen LogP contribution in [0.15, 0.2) is 78.6 Å². The first-order valence-electron chi connectivity index (χ1n) is 9.98. The third kappa shape index (κ3) is 2.91. The van der Waals surface area contributed by atoms with Gasteiger partial charge in [0.2, 0.25) is 5.95 Å². The standard InChI is InChI=1S/C24H15Cl2FN4O/c25-13-9-10-14(17(26)11-13)22-20-21(30-24-28-12-29-31(22)24)16-6-2-4-8-19(16)32-23(20)15-5-1-3-7-18(15)27/h1-12,22-23H,(H,28,29,30). The summed E-state index contributed by atoms with van der Waals surface area (Å²) in [4.78, 5) is 4.38. The Morgan fingerprint density at radius 1 is 0.969 bits per heavy atom. The second-order valence-electron chi connectivity index (χ2n) is 7.57. The van der Waals surface area contributed by atoms with Crippen LogP contribution in [0.1, 0.15) is 28.8 Å². The molecule has 158 valence electrons. The molecule has 0 aliphatic carbocycles. The van der Waals surface area contributed by atoms with Crippen molar-refractivity contribution in [3.63, 3.8) is 0 Å². The molecule has 0 amide bonds. The summed E-state index contributed by atoms with van der Waals surface area (Å²) < 4.78 is 23.1. The maximum absolute atomic E-state index is 15.0. The number of fused-ring (bicyclic) bond motifs is 3. The van der Waals surface area contributed by atoms with Gasteiger partial charge in [0.05, 0.1) is 5.70 Å². The maximum atomic E-state index is 15.0. The molecule has 0 saturated carbocycles. The van der Waals surface area contributed by atoms with E-state index >= 15 is 4.39 Å². The van der Waals surface area contributed by atoms with E-state index in [1.807, 2.05) is 30.3 Å². The van der Waals surface area contributed by atoms with Crippen LogP contribution in [-0.4, -0.2) is 14.8 Å². The summed E-state index contributed by atoms with van der Waals surface area (Å²) in [5.41, 5.74) is 3.64. The maximum Gasteiger partial charge on any atom is 0.226 e. The highest BCUT2D eigenvalue weighted by Crippen LogP contribution is 2.51. The van der Waals surface area contributed by atoms with Gasteiger partial charge in [0.25, 0.3) is 0 Å². The Morgan fingerprint density at radius 3 is 2.62 bits per heavy atom. The van der Waals surface area contributed by atoms with Gasteiger partial charge in [0, 0.05) is 26.7 Å². The van der Waals surface area contributed by atoms with Gasteiger partial charge < -0.3 is 10.1 Å². The molecule has 0 saturated heterocycles. The zero-order chi connectivity index (χ0) is 21.8. The number of nitrogens with one attached hydrogen (secondary N) is 1. The number of para-hydroxylation sites is 1. The molecule has 6 rings (SSSR count). The lowest BCUT2D eigenvalue weighted by molar-refractivity contribution is 0.218. The van der Waals surface area contributed by atoms with E-state index < -0.39 is 12.1 Å². The normalized spacial score (nSPS) is 18.8. The van der Waals surface area contributed by atoms with Crippen LogP contribution in [0.25, 0.3) is 5.70 Å². The molecular weight excluding hydrogens is 450 g/mol. The Kier molecular flexibility index (Phi) is 4.45. The van der Waals surface area contributed by atoms with Crippen LogP contribution in [0.5, 0.6) is 5.75 Å². The van der Waals surface area contributed by atoms with Crippen molar-refractivity contribution in [1.29, 1.82) is 0 Å². The van der Waals surface area contributed by atoms with E-state index in [4.69, 9.17) is 27.9 Å². The molecule has 5 nitrogen and oxygen atoms in total. The smallest absolute Gasteiger partial charge is 0.226 e. The highest BCUT2D eigenvalue weighted by atomic mass is 35.5. The van der Waals surface area contributed by atoms with E-state index in [0.717, 1.165) is 22.4 Å². The Labute approximate surface area is 193 Å². The Balaban J connectivity index is 1.66. The van der Waals surface area contributed by atoms with E-state index in [0.29, 0.717) is 27.3 Å². The predicted molar refractivity (Wildman–Crippen MR) is 121 cm³/mol. The van der Waals surface area contributed by atoms with Gasteiger partial charge in [-0.2, -0.15) is 10.1 Å². The van der Waals surface area contributed by atoms with Crippen LogP contribution in [0, 0.1) is 5.82 Å². The fourth-order valence-corrected chi connectivity index (χ4v) is 4.90. The monoisotopic (exact) mass is 464 g/mol. The molecule has 2 aliphatic heterocycles. The molecule has 0 fully saturated rings. The lowest BCUT2D eigenvalue weighted by Crippen LogP contribution is -2.32. The van der Waals surface area contributed by atoms with Crippen molar-refractivity contribution in [3.8, 4) is 5.75 Å². The molecule has 1 aromatic heterocycles. The number of anilines is 1. The highest BCUT2D eigenvalue weighted by Gasteiger charge is 2.42. The summed E-state index contributed by atoms with van der Waals surface area (Å²) in [6.07, 6.45) is 0.769. The van der Waals surface area contributed by atoms with Crippen molar-refractivity contribution in [2.75, 3.05) is 5.32 Å². The van der Waals surface area contributed by atoms with Crippen LogP contribution in [0.3, 0.4) is 0 Å². The highest BCUT2D eigenvalue weighted by molar-refractivity contribution is 6.35. The topological polar surface area (TPSA) is 52.0 Å². The lowest BCUT2D eigenvalue weighted by atomic mass is 9.84. The second-order valence-corrected chi connectivity index (χ2v) is 8.41. The number of nitrogens with zero attached hydrogens (tertiary/aromatic N) is 3. The zero-order valence-electron chi connectivity index (χ0n) is 16.5. The number of benzene rings is 3. The summed E-state index contributed by atoms with van der Waals surface area (Å²) in [6.45, 7) is 0. The molecule has 32 heavy (non-hydrogen) atoms. The average molecular weight is 465 g/mol. The zero-order valence-corrected chi connectivity index (χ0v) is 18.0. The molecule has 0 bridgehead atoms. The molecule has 2 atom stereocenters. The first kappa shape index (κ1) is 19.3. The third-order valence-electron chi connectivity index (χ3n) is 5.77. The van der Waals surface area contributed by atoms with Gasteiger partial charge in [-0.05, 0) is 35.9 Å². The summed E-state index contributed by atoms with van der Waals surface area (Å²) >= 11 is 12.8. The van der Waals surface area contributed by atoms with Crippen molar-refractivity contribution >= 4 is 34.8 Å². The van der Waals surface area contributed by atoms with Gasteiger partial charge in [-0.15, -0.1) is 0 Å². The van der Waals surface area contributed by atoms with E-state index in [1.165, 1.54) is 12.4 Å². The van der Waals surface area contributed by atoms with E-state index in [2.05, 4.69) is 15.4 Å². The van der Waals surface area contributed by atoms with Gasteiger partial charge in [-0.25, -0.2) is 9.07 Å². The van der Waals surface area contributed by atoms with Crippen LogP contribution < -0.4 is 10.1 Å². The molecule has 0 spiro atoms. The molecule has 2 unspecified atom stereocenters. The van der Waals surface area contributed by atoms with Gasteiger partial charge >= 0.3 is 0 Å². The third-order valence-corrected chi connectivity index (χ3v) is 6.33.